The van der Waals surface area contributed by atoms with Gasteiger partial charge in [0, 0.05) is 0 Å². The van der Waals surface area contributed by atoms with Crippen LogP contribution in [0.4, 0.5) is 0 Å². The SMILES string of the molecule is Cc1cc(C)c(OCC2CCC(CC3CCC(Cc4cc(C)c(C)c(C)c4)CC3)CC2)c(C)c1. The quantitative estimate of drug-likeness (QED) is 0.400. The maximum Gasteiger partial charge on any atom is 0.125 e. The van der Waals surface area contributed by atoms with Gasteiger partial charge in [-0.15, -0.1) is 0 Å². The van der Waals surface area contributed by atoms with Crippen LogP contribution in [0.25, 0.3) is 0 Å². The van der Waals surface area contributed by atoms with Crippen molar-refractivity contribution in [1.29, 1.82) is 0 Å². The zero-order valence-corrected chi connectivity index (χ0v) is 22.8. The van der Waals surface area contributed by atoms with Crippen molar-refractivity contribution in [2.45, 2.75) is 106 Å². The molecule has 2 aromatic rings. The molecule has 0 bridgehead atoms. The van der Waals surface area contributed by atoms with Gasteiger partial charge in [-0.25, -0.2) is 0 Å². The van der Waals surface area contributed by atoms with E-state index in [0.29, 0.717) is 0 Å². The van der Waals surface area contributed by atoms with Gasteiger partial charge in [0.05, 0.1) is 6.61 Å². The number of rotatable bonds is 7. The van der Waals surface area contributed by atoms with Crippen molar-refractivity contribution in [2.75, 3.05) is 6.61 Å². The summed E-state index contributed by atoms with van der Waals surface area (Å²) in [6.45, 7) is 14.2. The molecule has 0 saturated heterocycles. The topological polar surface area (TPSA) is 9.23 Å². The lowest BCUT2D eigenvalue weighted by Gasteiger charge is -2.34. The van der Waals surface area contributed by atoms with Crippen molar-refractivity contribution in [2.24, 2.45) is 23.7 Å². The fourth-order valence-electron chi connectivity index (χ4n) is 6.95. The van der Waals surface area contributed by atoms with E-state index in [9.17, 15) is 0 Å². The Balaban J connectivity index is 1.16. The van der Waals surface area contributed by atoms with Crippen molar-refractivity contribution in [3.8, 4) is 5.75 Å². The van der Waals surface area contributed by atoms with Gasteiger partial charge in [0.1, 0.15) is 5.75 Å². The summed E-state index contributed by atoms with van der Waals surface area (Å²) in [5.74, 6) is 4.71. The van der Waals surface area contributed by atoms with Crippen molar-refractivity contribution >= 4 is 0 Å². The van der Waals surface area contributed by atoms with Crippen LogP contribution in [0.1, 0.15) is 96.7 Å². The normalized spacial score (nSPS) is 25.4. The van der Waals surface area contributed by atoms with E-state index in [0.717, 1.165) is 36.0 Å². The van der Waals surface area contributed by atoms with Crippen LogP contribution >= 0.6 is 0 Å². The first-order valence-corrected chi connectivity index (χ1v) is 14.1. The van der Waals surface area contributed by atoms with Gasteiger partial charge in [-0.3, -0.25) is 0 Å². The minimum absolute atomic E-state index is 0.744. The van der Waals surface area contributed by atoms with Crippen LogP contribution < -0.4 is 4.74 Å². The summed E-state index contributed by atoms with van der Waals surface area (Å²) >= 11 is 0. The van der Waals surface area contributed by atoms with Crippen molar-refractivity contribution < 1.29 is 4.74 Å². The summed E-state index contributed by atoms with van der Waals surface area (Å²) in [4.78, 5) is 0. The van der Waals surface area contributed by atoms with Gasteiger partial charge in [0.2, 0.25) is 0 Å². The molecule has 0 aliphatic heterocycles. The second-order valence-corrected chi connectivity index (χ2v) is 12.1. The van der Waals surface area contributed by atoms with Crippen LogP contribution in [0.3, 0.4) is 0 Å². The molecule has 2 fully saturated rings. The maximum atomic E-state index is 6.33. The van der Waals surface area contributed by atoms with Crippen LogP contribution in [-0.2, 0) is 6.42 Å². The number of aryl methyl sites for hydroxylation is 5. The summed E-state index contributed by atoms with van der Waals surface area (Å²) in [6.07, 6.45) is 14.1. The molecule has 2 aliphatic carbocycles. The van der Waals surface area contributed by atoms with Crippen LogP contribution in [0, 0.1) is 65.2 Å². The lowest BCUT2D eigenvalue weighted by Crippen LogP contribution is -2.24. The predicted molar refractivity (Wildman–Crippen MR) is 146 cm³/mol. The first-order valence-electron chi connectivity index (χ1n) is 14.1. The molecule has 2 saturated carbocycles. The van der Waals surface area contributed by atoms with Gasteiger partial charge in [0.15, 0.2) is 0 Å². The predicted octanol–water partition coefficient (Wildman–Crippen LogP) is 9.16. The minimum atomic E-state index is 0.744. The monoisotopic (exact) mass is 460 g/mol. The summed E-state index contributed by atoms with van der Waals surface area (Å²) in [6, 6.07) is 9.38. The molecule has 0 radical (unpaired) electrons. The summed E-state index contributed by atoms with van der Waals surface area (Å²) in [5.41, 5.74) is 9.87. The summed E-state index contributed by atoms with van der Waals surface area (Å²) < 4.78 is 6.33. The molecule has 34 heavy (non-hydrogen) atoms. The first kappa shape index (κ1) is 25.3. The van der Waals surface area contributed by atoms with E-state index in [2.05, 4.69) is 65.8 Å². The first-order chi connectivity index (χ1) is 16.3. The van der Waals surface area contributed by atoms with E-state index in [4.69, 9.17) is 4.74 Å². The van der Waals surface area contributed by atoms with Gasteiger partial charge in [-0.05, 0) is 137 Å². The standard InChI is InChI=1S/C33H48O/c1-22-15-25(4)33(26(5)16-22)34-21-31-13-11-29(12-14-31)19-28-7-9-30(10-8-28)20-32-17-23(2)27(6)24(3)18-32/h15-18,28-31H,7-14,19-21H2,1-6H3. The molecule has 0 heterocycles. The Hall–Kier alpha value is -1.76. The summed E-state index contributed by atoms with van der Waals surface area (Å²) in [5, 5.41) is 0. The highest BCUT2D eigenvalue weighted by atomic mass is 16.5. The molecule has 1 nitrogen and oxygen atoms in total. The van der Waals surface area contributed by atoms with E-state index in [1.54, 1.807) is 5.56 Å². The fourth-order valence-corrected chi connectivity index (χ4v) is 6.95. The molecule has 0 aromatic heterocycles. The van der Waals surface area contributed by atoms with Gasteiger partial charge in [-0.1, -0.05) is 55.5 Å². The molecule has 2 aliphatic rings. The highest BCUT2D eigenvalue weighted by molar-refractivity contribution is 5.43. The van der Waals surface area contributed by atoms with Gasteiger partial charge < -0.3 is 4.74 Å². The number of hydrogen-bond donors (Lipinski definition) is 0. The highest BCUT2D eigenvalue weighted by Crippen LogP contribution is 2.39. The second kappa shape index (κ2) is 11.3. The van der Waals surface area contributed by atoms with E-state index >= 15 is 0 Å². The average Bonchev–Trinajstić information content (AvgIpc) is 2.79. The molecule has 4 rings (SSSR count). The van der Waals surface area contributed by atoms with E-state index < -0.39 is 0 Å². The van der Waals surface area contributed by atoms with Crippen LogP contribution in [0.15, 0.2) is 24.3 Å². The fraction of sp³-hybridized carbons (Fsp3) is 0.636. The molecule has 0 atom stereocenters. The molecular weight excluding hydrogens is 412 g/mol. The van der Waals surface area contributed by atoms with Crippen molar-refractivity contribution in [1.82, 2.24) is 0 Å². The van der Waals surface area contributed by atoms with Gasteiger partial charge >= 0.3 is 0 Å². The second-order valence-electron chi connectivity index (χ2n) is 12.1. The third-order valence-corrected chi connectivity index (χ3v) is 9.18. The Morgan fingerprint density at radius 2 is 1.06 bits per heavy atom. The maximum absolute atomic E-state index is 6.33. The molecule has 186 valence electrons. The molecule has 1 heteroatoms. The summed E-state index contributed by atoms with van der Waals surface area (Å²) in [7, 11) is 0. The molecule has 0 unspecified atom stereocenters. The molecular formula is C33H48O. The van der Waals surface area contributed by atoms with Gasteiger partial charge in [-0.2, -0.15) is 0 Å². The number of benzene rings is 2. The number of hydrogen-bond acceptors (Lipinski definition) is 1. The lowest BCUT2D eigenvalue weighted by molar-refractivity contribution is 0.155. The smallest absolute Gasteiger partial charge is 0.125 e. The van der Waals surface area contributed by atoms with E-state index in [-0.39, 0.29) is 0 Å². The van der Waals surface area contributed by atoms with Crippen LogP contribution in [0.5, 0.6) is 5.75 Å². The molecule has 0 spiro atoms. The number of ether oxygens (including phenoxy) is 1. The Morgan fingerprint density at radius 1 is 0.588 bits per heavy atom. The average molecular weight is 461 g/mol. The Morgan fingerprint density at radius 3 is 1.59 bits per heavy atom. The third kappa shape index (κ3) is 6.46. The van der Waals surface area contributed by atoms with E-state index in [1.165, 1.54) is 97.6 Å². The lowest BCUT2D eigenvalue weighted by atomic mass is 9.72. The Labute approximate surface area is 209 Å². The zero-order valence-electron chi connectivity index (χ0n) is 22.8. The molecule has 2 aromatic carbocycles. The molecule has 0 N–H and O–H groups in total. The van der Waals surface area contributed by atoms with Crippen molar-refractivity contribution in [3.63, 3.8) is 0 Å². The largest absolute Gasteiger partial charge is 0.493 e. The van der Waals surface area contributed by atoms with Crippen LogP contribution in [0.2, 0.25) is 0 Å². The minimum Gasteiger partial charge on any atom is -0.493 e. The zero-order chi connectivity index (χ0) is 24.2. The van der Waals surface area contributed by atoms with Crippen LogP contribution in [-0.4, -0.2) is 6.61 Å². The Bertz CT molecular complexity index is 908. The van der Waals surface area contributed by atoms with Crippen molar-refractivity contribution in [3.05, 3.63) is 63.2 Å². The highest BCUT2D eigenvalue weighted by Gasteiger charge is 2.27. The third-order valence-electron chi connectivity index (χ3n) is 9.18. The van der Waals surface area contributed by atoms with E-state index in [1.807, 2.05) is 0 Å². The molecule has 0 amide bonds. The van der Waals surface area contributed by atoms with Gasteiger partial charge in [0.25, 0.3) is 0 Å². The Kier molecular flexibility index (Phi) is 8.43.